The lowest BCUT2D eigenvalue weighted by molar-refractivity contribution is -0.0107. The fourth-order valence-electron chi connectivity index (χ4n) is 1.69. The van der Waals surface area contributed by atoms with Crippen molar-refractivity contribution in [2.24, 2.45) is 11.8 Å². The van der Waals surface area contributed by atoms with Crippen LogP contribution in [0.25, 0.3) is 0 Å². The molecule has 84 valence electrons. The van der Waals surface area contributed by atoms with Crippen LogP contribution in [0.4, 0.5) is 0 Å². The average Bonchev–Trinajstić information content (AvgIpc) is 2.08. The summed E-state index contributed by atoms with van der Waals surface area (Å²) in [5, 5.41) is 3.61. The van der Waals surface area contributed by atoms with Crippen molar-refractivity contribution in [3.63, 3.8) is 0 Å². The Morgan fingerprint density at radius 2 is 1.93 bits per heavy atom. The Bertz CT molecular complexity index is 152. The molecule has 0 heterocycles. The summed E-state index contributed by atoms with van der Waals surface area (Å²) in [6.07, 6.45) is 2.95. The maximum absolute atomic E-state index is 5.52. The lowest BCUT2D eigenvalue weighted by Crippen LogP contribution is -2.47. The van der Waals surface area contributed by atoms with E-state index in [1.54, 1.807) is 0 Å². The van der Waals surface area contributed by atoms with Crippen LogP contribution in [-0.2, 0) is 4.74 Å². The Labute approximate surface area is 88.4 Å². The lowest BCUT2D eigenvalue weighted by Gasteiger charge is -2.36. The van der Waals surface area contributed by atoms with Crippen LogP contribution in [0, 0.1) is 11.8 Å². The molecule has 0 aromatic carbocycles. The lowest BCUT2D eigenvalue weighted by atomic mass is 9.88. The number of nitrogens with one attached hydrogen (secondary N) is 1. The van der Waals surface area contributed by atoms with Gasteiger partial charge in [0.05, 0.1) is 6.10 Å². The summed E-state index contributed by atoms with van der Waals surface area (Å²) in [6, 6.07) is 0.716. The van der Waals surface area contributed by atoms with Gasteiger partial charge in [0, 0.05) is 12.6 Å². The molecule has 0 spiro atoms. The first-order valence-electron chi connectivity index (χ1n) is 5.98. The Balaban J connectivity index is 2.00. The van der Waals surface area contributed by atoms with Gasteiger partial charge in [-0.05, 0) is 38.1 Å². The van der Waals surface area contributed by atoms with Gasteiger partial charge in [-0.3, -0.25) is 0 Å². The molecule has 0 amide bonds. The first kappa shape index (κ1) is 12.0. The molecule has 0 bridgehead atoms. The van der Waals surface area contributed by atoms with Gasteiger partial charge in [-0.25, -0.2) is 0 Å². The maximum Gasteiger partial charge on any atom is 0.0604 e. The highest BCUT2D eigenvalue weighted by Gasteiger charge is 2.29. The highest BCUT2D eigenvalue weighted by Crippen LogP contribution is 2.23. The maximum atomic E-state index is 5.52. The Kier molecular flexibility index (Phi) is 4.90. The van der Waals surface area contributed by atoms with Crippen molar-refractivity contribution in [3.05, 3.63) is 0 Å². The van der Waals surface area contributed by atoms with E-state index in [1.807, 2.05) is 0 Å². The summed E-state index contributed by atoms with van der Waals surface area (Å²) in [7, 11) is 0. The van der Waals surface area contributed by atoms with E-state index in [0.29, 0.717) is 12.1 Å². The van der Waals surface area contributed by atoms with Crippen molar-refractivity contribution >= 4 is 0 Å². The van der Waals surface area contributed by atoms with Gasteiger partial charge in [-0.2, -0.15) is 0 Å². The molecule has 0 aromatic rings. The summed E-state index contributed by atoms with van der Waals surface area (Å²) in [4.78, 5) is 0. The molecule has 1 saturated carbocycles. The molecular formula is C12H25NO. The van der Waals surface area contributed by atoms with Crippen molar-refractivity contribution in [2.75, 3.05) is 13.2 Å². The monoisotopic (exact) mass is 199 g/mol. The van der Waals surface area contributed by atoms with Crippen LogP contribution in [0.2, 0.25) is 0 Å². The summed E-state index contributed by atoms with van der Waals surface area (Å²) < 4.78 is 5.52. The fourth-order valence-corrected chi connectivity index (χ4v) is 1.69. The van der Waals surface area contributed by atoms with E-state index in [2.05, 4.69) is 33.0 Å². The third-order valence-electron chi connectivity index (χ3n) is 3.36. The Hall–Kier alpha value is -0.0800. The van der Waals surface area contributed by atoms with E-state index in [1.165, 1.54) is 12.8 Å². The van der Waals surface area contributed by atoms with Crippen LogP contribution in [0.3, 0.4) is 0 Å². The van der Waals surface area contributed by atoms with Crippen LogP contribution >= 0.6 is 0 Å². The Morgan fingerprint density at radius 1 is 1.29 bits per heavy atom. The van der Waals surface area contributed by atoms with E-state index < -0.39 is 0 Å². The zero-order valence-corrected chi connectivity index (χ0v) is 10.0. The normalized spacial score (nSPS) is 28.9. The molecule has 1 unspecified atom stereocenters. The molecule has 0 saturated heterocycles. The van der Waals surface area contributed by atoms with Gasteiger partial charge in [0.1, 0.15) is 0 Å². The molecule has 0 aliphatic heterocycles. The summed E-state index contributed by atoms with van der Waals surface area (Å²) in [5.74, 6) is 1.56. The molecule has 1 aliphatic rings. The van der Waals surface area contributed by atoms with E-state index in [0.717, 1.165) is 25.0 Å². The molecule has 1 fully saturated rings. The van der Waals surface area contributed by atoms with Gasteiger partial charge in [0.15, 0.2) is 0 Å². The Morgan fingerprint density at radius 3 is 2.43 bits per heavy atom. The van der Waals surface area contributed by atoms with E-state index in [4.69, 9.17) is 4.74 Å². The smallest absolute Gasteiger partial charge is 0.0604 e. The van der Waals surface area contributed by atoms with Gasteiger partial charge >= 0.3 is 0 Å². The van der Waals surface area contributed by atoms with Crippen molar-refractivity contribution < 1.29 is 4.74 Å². The minimum absolute atomic E-state index is 0.534. The van der Waals surface area contributed by atoms with E-state index in [9.17, 15) is 0 Å². The van der Waals surface area contributed by atoms with Gasteiger partial charge in [-0.15, -0.1) is 0 Å². The van der Waals surface area contributed by atoms with Crippen molar-refractivity contribution in [1.29, 1.82) is 0 Å². The largest absolute Gasteiger partial charge is 0.378 e. The topological polar surface area (TPSA) is 21.3 Å². The zero-order valence-electron chi connectivity index (χ0n) is 10.0. The molecule has 1 N–H and O–H groups in total. The van der Waals surface area contributed by atoms with Crippen LogP contribution < -0.4 is 5.32 Å². The second kappa shape index (κ2) is 5.72. The fraction of sp³-hybridized carbons (Fsp3) is 1.00. The molecule has 14 heavy (non-hydrogen) atoms. The highest BCUT2D eigenvalue weighted by molar-refractivity contribution is 4.86. The van der Waals surface area contributed by atoms with Crippen LogP contribution in [0.15, 0.2) is 0 Å². The summed E-state index contributed by atoms with van der Waals surface area (Å²) >= 11 is 0. The second-order valence-electron chi connectivity index (χ2n) is 4.88. The SMILES string of the molecule is CCOC1CC(NCC(C)C(C)C)C1. The number of hydrogen-bond acceptors (Lipinski definition) is 2. The van der Waals surface area contributed by atoms with Gasteiger partial charge < -0.3 is 10.1 Å². The minimum Gasteiger partial charge on any atom is -0.378 e. The van der Waals surface area contributed by atoms with Crippen LogP contribution in [0.1, 0.15) is 40.5 Å². The number of ether oxygens (including phenoxy) is 1. The van der Waals surface area contributed by atoms with E-state index in [-0.39, 0.29) is 0 Å². The quantitative estimate of drug-likeness (QED) is 0.709. The number of rotatable bonds is 6. The predicted octanol–water partition coefficient (Wildman–Crippen LogP) is 2.44. The highest BCUT2D eigenvalue weighted by atomic mass is 16.5. The number of hydrogen-bond donors (Lipinski definition) is 1. The average molecular weight is 199 g/mol. The molecule has 1 rings (SSSR count). The standard InChI is InChI=1S/C12H25NO/c1-5-14-12-6-11(7-12)13-8-10(4)9(2)3/h9-13H,5-8H2,1-4H3. The minimum atomic E-state index is 0.534. The van der Waals surface area contributed by atoms with Gasteiger partial charge in [0.2, 0.25) is 0 Å². The molecular weight excluding hydrogens is 174 g/mol. The third kappa shape index (κ3) is 3.58. The van der Waals surface area contributed by atoms with Crippen LogP contribution in [-0.4, -0.2) is 25.3 Å². The van der Waals surface area contributed by atoms with Crippen LogP contribution in [0.5, 0.6) is 0 Å². The molecule has 1 atom stereocenters. The first-order chi connectivity index (χ1) is 6.63. The molecule has 2 nitrogen and oxygen atoms in total. The predicted molar refractivity (Wildman–Crippen MR) is 60.4 cm³/mol. The first-order valence-corrected chi connectivity index (χ1v) is 5.98. The van der Waals surface area contributed by atoms with Crippen molar-refractivity contribution in [2.45, 2.75) is 52.7 Å². The van der Waals surface area contributed by atoms with Crippen molar-refractivity contribution in [1.82, 2.24) is 5.32 Å². The van der Waals surface area contributed by atoms with Crippen molar-refractivity contribution in [3.8, 4) is 0 Å². The van der Waals surface area contributed by atoms with Gasteiger partial charge in [-0.1, -0.05) is 20.8 Å². The van der Waals surface area contributed by atoms with Gasteiger partial charge in [0.25, 0.3) is 0 Å². The molecule has 1 aliphatic carbocycles. The molecule has 2 heteroatoms. The molecule has 0 radical (unpaired) electrons. The molecule has 0 aromatic heterocycles. The third-order valence-corrected chi connectivity index (χ3v) is 3.36. The summed E-state index contributed by atoms with van der Waals surface area (Å²) in [5.41, 5.74) is 0. The zero-order chi connectivity index (χ0) is 10.6. The summed E-state index contributed by atoms with van der Waals surface area (Å²) in [6.45, 7) is 11.0. The second-order valence-corrected chi connectivity index (χ2v) is 4.88. The van der Waals surface area contributed by atoms with E-state index >= 15 is 0 Å².